The van der Waals surface area contributed by atoms with E-state index in [0.29, 0.717) is 13.2 Å². The maximum Gasteiger partial charge on any atom is 0.308 e. The summed E-state index contributed by atoms with van der Waals surface area (Å²) in [6.45, 7) is 3.47. The van der Waals surface area contributed by atoms with E-state index >= 15 is 0 Å². The molecule has 1 unspecified atom stereocenters. The quantitative estimate of drug-likeness (QED) is 0.742. The highest BCUT2D eigenvalue weighted by atomic mass is 32.2. The first kappa shape index (κ1) is 20.2. The Hall–Kier alpha value is -1.53. The Morgan fingerprint density at radius 3 is 2.44 bits per heavy atom. The van der Waals surface area contributed by atoms with Gasteiger partial charge in [-0.15, -0.1) is 11.8 Å². The molecule has 1 saturated carbocycles. The molecule has 0 spiro atoms. The highest BCUT2D eigenvalue weighted by molar-refractivity contribution is 8.01. The van der Waals surface area contributed by atoms with Crippen molar-refractivity contribution in [3.63, 3.8) is 0 Å². The van der Waals surface area contributed by atoms with Gasteiger partial charge in [-0.3, -0.25) is 9.59 Å². The first-order chi connectivity index (χ1) is 13.0. The zero-order valence-corrected chi connectivity index (χ0v) is 16.7. The van der Waals surface area contributed by atoms with E-state index in [1.807, 2.05) is 0 Å². The number of aliphatic carboxylic acids is 1. The second-order valence-electron chi connectivity index (χ2n) is 7.72. The van der Waals surface area contributed by atoms with Crippen molar-refractivity contribution in [1.29, 1.82) is 0 Å². The van der Waals surface area contributed by atoms with E-state index in [9.17, 15) is 14.7 Å². The number of rotatable bonds is 7. The summed E-state index contributed by atoms with van der Waals surface area (Å²) in [6.07, 6.45) is 5.24. The van der Waals surface area contributed by atoms with Gasteiger partial charge in [0.1, 0.15) is 0 Å². The third kappa shape index (κ3) is 5.05. The number of thioether (sulfide) groups is 1. The molecule has 1 aromatic rings. The minimum atomic E-state index is -0.825. The Kier molecular flexibility index (Phi) is 6.82. The van der Waals surface area contributed by atoms with E-state index < -0.39 is 16.6 Å². The van der Waals surface area contributed by atoms with E-state index in [0.717, 1.165) is 43.4 Å². The molecule has 1 aromatic carbocycles. The summed E-state index contributed by atoms with van der Waals surface area (Å²) >= 11 is 1.63. The summed E-state index contributed by atoms with van der Waals surface area (Å²) in [6, 6.07) is 8.26. The van der Waals surface area contributed by atoms with Crippen LogP contribution in [-0.2, 0) is 14.3 Å². The number of ether oxygens (including phenoxy) is 1. The molecule has 1 heterocycles. The number of carboxylic acids is 1. The number of carboxylic acid groups (broad SMARTS) is 1. The summed E-state index contributed by atoms with van der Waals surface area (Å²) < 4.78 is 4.87. The van der Waals surface area contributed by atoms with Crippen LogP contribution in [0.15, 0.2) is 29.2 Å². The molecule has 2 aliphatic rings. The Morgan fingerprint density at radius 2 is 1.85 bits per heavy atom. The number of nitrogens with one attached hydrogen (secondary N) is 1. The van der Waals surface area contributed by atoms with Crippen LogP contribution in [0.25, 0.3) is 0 Å². The van der Waals surface area contributed by atoms with Gasteiger partial charge >= 0.3 is 5.97 Å². The Balaban J connectivity index is 1.65. The molecule has 1 saturated heterocycles. The van der Waals surface area contributed by atoms with Crippen molar-refractivity contribution in [1.82, 2.24) is 5.32 Å². The van der Waals surface area contributed by atoms with Crippen molar-refractivity contribution in [2.75, 3.05) is 19.8 Å². The molecule has 0 aromatic heterocycles. The first-order valence-corrected chi connectivity index (χ1v) is 10.7. The number of carbonyl (C=O) groups is 2. The normalized spacial score (nSPS) is 20.9. The van der Waals surface area contributed by atoms with Gasteiger partial charge in [0.15, 0.2) is 0 Å². The van der Waals surface area contributed by atoms with Crippen molar-refractivity contribution < 1.29 is 19.4 Å². The van der Waals surface area contributed by atoms with Gasteiger partial charge in [0.2, 0.25) is 5.91 Å². The minimum Gasteiger partial charge on any atom is -0.481 e. The minimum absolute atomic E-state index is 0.0103. The van der Waals surface area contributed by atoms with Gasteiger partial charge in [-0.25, -0.2) is 0 Å². The van der Waals surface area contributed by atoms with Crippen molar-refractivity contribution in [2.24, 2.45) is 11.8 Å². The topological polar surface area (TPSA) is 75.6 Å². The van der Waals surface area contributed by atoms with E-state index in [4.69, 9.17) is 4.74 Å². The van der Waals surface area contributed by atoms with Crippen molar-refractivity contribution >= 4 is 23.6 Å². The van der Waals surface area contributed by atoms with Crippen LogP contribution < -0.4 is 5.32 Å². The molecule has 5 nitrogen and oxygen atoms in total. The number of hydrogen-bond donors (Lipinski definition) is 2. The lowest BCUT2D eigenvalue weighted by molar-refractivity contribution is -0.145. The molecular weight excluding hydrogens is 362 g/mol. The summed E-state index contributed by atoms with van der Waals surface area (Å²) in [7, 11) is 0. The lowest BCUT2D eigenvalue weighted by Crippen LogP contribution is -2.46. The van der Waals surface area contributed by atoms with Gasteiger partial charge in [-0.2, -0.15) is 0 Å². The van der Waals surface area contributed by atoms with Crippen molar-refractivity contribution in [2.45, 2.75) is 55.1 Å². The maximum absolute atomic E-state index is 13.1. The van der Waals surface area contributed by atoms with E-state index in [2.05, 4.69) is 36.5 Å². The van der Waals surface area contributed by atoms with E-state index in [1.54, 1.807) is 11.8 Å². The SMILES string of the molecule is Cc1ccc(SC2(C(=O)NCC(C(=O)O)C3CCOCC3)CCCC2)cc1. The number of carbonyl (C=O) groups excluding carboxylic acids is 1. The predicted octanol–water partition coefficient (Wildman–Crippen LogP) is 3.64. The van der Waals surface area contributed by atoms with Crippen LogP contribution in [0.3, 0.4) is 0 Å². The van der Waals surface area contributed by atoms with Crippen LogP contribution in [0, 0.1) is 18.8 Å². The summed E-state index contributed by atoms with van der Waals surface area (Å²) in [5, 5.41) is 12.6. The number of aryl methyl sites for hydroxylation is 1. The van der Waals surface area contributed by atoms with Crippen LogP contribution in [0.1, 0.15) is 44.1 Å². The largest absolute Gasteiger partial charge is 0.481 e. The molecule has 6 heteroatoms. The fraction of sp³-hybridized carbons (Fsp3) is 0.619. The zero-order valence-electron chi connectivity index (χ0n) is 15.9. The van der Waals surface area contributed by atoms with Crippen LogP contribution in [0.5, 0.6) is 0 Å². The molecular formula is C21H29NO4S. The second kappa shape index (κ2) is 9.11. The molecule has 148 valence electrons. The second-order valence-corrected chi connectivity index (χ2v) is 9.18. The molecule has 27 heavy (non-hydrogen) atoms. The fourth-order valence-corrected chi connectivity index (χ4v) is 5.47. The Labute approximate surface area is 165 Å². The standard InChI is InChI=1S/C21H29NO4S/c1-15-4-6-17(7-5-15)27-21(10-2-3-11-21)20(25)22-14-18(19(23)24)16-8-12-26-13-9-16/h4-7,16,18H,2-3,8-14H2,1H3,(H,22,25)(H,23,24). The molecule has 1 atom stereocenters. The van der Waals surface area contributed by atoms with E-state index in [-0.39, 0.29) is 18.4 Å². The molecule has 1 aliphatic heterocycles. The smallest absolute Gasteiger partial charge is 0.308 e. The van der Waals surface area contributed by atoms with Gasteiger partial charge < -0.3 is 15.2 Å². The van der Waals surface area contributed by atoms with Gasteiger partial charge in [-0.1, -0.05) is 30.5 Å². The fourth-order valence-electron chi connectivity index (χ4n) is 4.09. The average molecular weight is 392 g/mol. The number of amides is 1. The van der Waals surface area contributed by atoms with Gasteiger partial charge in [0.25, 0.3) is 0 Å². The van der Waals surface area contributed by atoms with Gasteiger partial charge in [-0.05, 0) is 50.7 Å². The molecule has 0 bridgehead atoms. The lowest BCUT2D eigenvalue weighted by atomic mass is 9.86. The van der Waals surface area contributed by atoms with Gasteiger partial charge in [0, 0.05) is 24.7 Å². The third-order valence-electron chi connectivity index (χ3n) is 5.79. The average Bonchev–Trinajstić information content (AvgIpc) is 3.14. The maximum atomic E-state index is 13.1. The summed E-state index contributed by atoms with van der Waals surface area (Å²) in [5.41, 5.74) is 1.20. The Morgan fingerprint density at radius 1 is 1.22 bits per heavy atom. The highest BCUT2D eigenvalue weighted by Crippen LogP contribution is 2.45. The molecule has 2 N–H and O–H groups in total. The lowest BCUT2D eigenvalue weighted by Gasteiger charge is -2.31. The number of hydrogen-bond acceptors (Lipinski definition) is 4. The predicted molar refractivity (Wildman–Crippen MR) is 106 cm³/mol. The van der Waals surface area contributed by atoms with Crippen LogP contribution in [-0.4, -0.2) is 41.5 Å². The molecule has 1 amide bonds. The molecule has 2 fully saturated rings. The molecule has 3 rings (SSSR count). The Bertz CT molecular complexity index is 649. The summed E-state index contributed by atoms with van der Waals surface area (Å²) in [4.78, 5) is 25.9. The van der Waals surface area contributed by atoms with Crippen molar-refractivity contribution in [3.8, 4) is 0 Å². The third-order valence-corrected chi connectivity index (χ3v) is 7.29. The highest BCUT2D eigenvalue weighted by Gasteiger charge is 2.42. The molecule has 1 aliphatic carbocycles. The van der Waals surface area contributed by atoms with Crippen LogP contribution in [0.4, 0.5) is 0 Å². The van der Waals surface area contributed by atoms with E-state index in [1.165, 1.54) is 5.56 Å². The molecule has 0 radical (unpaired) electrons. The summed E-state index contributed by atoms with van der Waals surface area (Å²) in [5.74, 6) is -1.31. The zero-order chi connectivity index (χ0) is 19.3. The van der Waals surface area contributed by atoms with Crippen LogP contribution in [0.2, 0.25) is 0 Å². The number of benzene rings is 1. The van der Waals surface area contributed by atoms with Gasteiger partial charge in [0.05, 0.1) is 10.7 Å². The van der Waals surface area contributed by atoms with Crippen molar-refractivity contribution in [3.05, 3.63) is 29.8 Å². The first-order valence-electron chi connectivity index (χ1n) is 9.85. The monoisotopic (exact) mass is 391 g/mol. The van der Waals surface area contributed by atoms with Crippen LogP contribution >= 0.6 is 11.8 Å².